The van der Waals surface area contributed by atoms with E-state index >= 15 is 0 Å². The Hall–Kier alpha value is -2.82. The largest absolute Gasteiger partial charge is 0.478 e. The van der Waals surface area contributed by atoms with E-state index in [1.165, 1.54) is 0 Å². The summed E-state index contributed by atoms with van der Waals surface area (Å²) in [4.78, 5) is 21.5. The second kappa shape index (κ2) is 5.22. The van der Waals surface area contributed by atoms with Crippen molar-refractivity contribution in [3.63, 3.8) is 0 Å². The van der Waals surface area contributed by atoms with Gasteiger partial charge >= 0.3 is 11.9 Å². The zero-order valence-electron chi connectivity index (χ0n) is 9.74. The van der Waals surface area contributed by atoms with Crippen LogP contribution in [0.25, 0.3) is 10.8 Å². The topological polar surface area (TPSA) is 83.8 Å². The lowest BCUT2D eigenvalue weighted by Gasteiger charge is -2.08. The van der Waals surface area contributed by atoms with E-state index in [-0.39, 0.29) is 0 Å². The van der Waals surface area contributed by atoms with Gasteiger partial charge in [-0.2, -0.15) is 0 Å². The number of ether oxygens (including phenoxy) is 1. The SMILES string of the molecule is O=C(O)/C=C(\Oc1cccc2ccccc12)C(=O)O. The van der Waals surface area contributed by atoms with Crippen LogP contribution in [-0.4, -0.2) is 22.2 Å². The van der Waals surface area contributed by atoms with Crippen molar-refractivity contribution < 1.29 is 24.5 Å². The van der Waals surface area contributed by atoms with Gasteiger partial charge in [-0.3, -0.25) is 0 Å². The van der Waals surface area contributed by atoms with Crippen LogP contribution < -0.4 is 4.74 Å². The molecule has 96 valence electrons. The summed E-state index contributed by atoms with van der Waals surface area (Å²) in [5.41, 5.74) is 0. The van der Waals surface area contributed by atoms with E-state index in [0.29, 0.717) is 17.2 Å². The third-order valence-electron chi connectivity index (χ3n) is 2.43. The minimum Gasteiger partial charge on any atom is -0.478 e. The standard InChI is InChI=1S/C14H10O5/c15-13(16)8-12(14(17)18)19-11-7-3-5-9-4-1-2-6-10(9)11/h1-8H,(H,15,16)(H,17,18)/b12-8-. The van der Waals surface area contributed by atoms with Gasteiger partial charge in [0.15, 0.2) is 0 Å². The number of hydrogen-bond donors (Lipinski definition) is 2. The van der Waals surface area contributed by atoms with Crippen molar-refractivity contribution in [2.75, 3.05) is 0 Å². The second-order valence-corrected chi connectivity index (χ2v) is 3.73. The third-order valence-corrected chi connectivity index (χ3v) is 2.43. The van der Waals surface area contributed by atoms with Crippen LogP contribution in [0.5, 0.6) is 5.75 Å². The molecule has 0 amide bonds. The molecule has 19 heavy (non-hydrogen) atoms. The maximum Gasteiger partial charge on any atom is 0.372 e. The summed E-state index contributed by atoms with van der Waals surface area (Å²) in [5.74, 6) is -3.15. The normalized spacial score (nSPS) is 11.3. The van der Waals surface area contributed by atoms with Crippen molar-refractivity contribution in [3.05, 3.63) is 54.3 Å². The van der Waals surface area contributed by atoms with Crippen molar-refractivity contribution in [1.82, 2.24) is 0 Å². The van der Waals surface area contributed by atoms with Gasteiger partial charge < -0.3 is 14.9 Å². The Labute approximate surface area is 108 Å². The molecule has 2 aromatic carbocycles. The maximum atomic E-state index is 10.9. The molecule has 0 unspecified atom stereocenters. The number of carboxylic acid groups (broad SMARTS) is 2. The van der Waals surface area contributed by atoms with Crippen LogP contribution in [0.1, 0.15) is 0 Å². The predicted octanol–water partition coefficient (Wildman–Crippen LogP) is 2.27. The summed E-state index contributed by atoms with van der Waals surface area (Å²) >= 11 is 0. The quantitative estimate of drug-likeness (QED) is 0.649. The molecule has 0 bridgehead atoms. The molecule has 5 nitrogen and oxygen atoms in total. The molecule has 0 aliphatic heterocycles. The Morgan fingerprint density at radius 2 is 1.68 bits per heavy atom. The van der Waals surface area contributed by atoms with Crippen LogP contribution in [0.4, 0.5) is 0 Å². The van der Waals surface area contributed by atoms with Gasteiger partial charge in [-0.25, -0.2) is 9.59 Å². The maximum absolute atomic E-state index is 10.9. The first-order valence-corrected chi connectivity index (χ1v) is 5.41. The number of rotatable bonds is 4. The molecule has 0 saturated heterocycles. The van der Waals surface area contributed by atoms with Gasteiger partial charge in [0.2, 0.25) is 5.76 Å². The molecule has 0 saturated carbocycles. The summed E-state index contributed by atoms with van der Waals surface area (Å²) in [6.45, 7) is 0. The zero-order valence-corrected chi connectivity index (χ0v) is 9.74. The average molecular weight is 258 g/mol. The molecule has 0 aliphatic carbocycles. The number of carboxylic acids is 2. The number of aliphatic carboxylic acids is 2. The van der Waals surface area contributed by atoms with Crippen LogP contribution in [0.3, 0.4) is 0 Å². The number of hydrogen-bond acceptors (Lipinski definition) is 3. The highest BCUT2D eigenvalue weighted by molar-refractivity contribution is 5.94. The van der Waals surface area contributed by atoms with Gasteiger partial charge in [-0.05, 0) is 11.5 Å². The molecular weight excluding hydrogens is 248 g/mol. The second-order valence-electron chi connectivity index (χ2n) is 3.73. The first-order valence-electron chi connectivity index (χ1n) is 5.41. The number of fused-ring (bicyclic) bond motifs is 1. The summed E-state index contributed by atoms with van der Waals surface area (Å²) in [6, 6.07) is 12.4. The molecule has 0 fully saturated rings. The Morgan fingerprint density at radius 1 is 1.00 bits per heavy atom. The van der Waals surface area contributed by atoms with E-state index in [4.69, 9.17) is 14.9 Å². The highest BCUT2D eigenvalue weighted by atomic mass is 16.5. The lowest BCUT2D eigenvalue weighted by molar-refractivity contribution is -0.137. The fraction of sp³-hybridized carbons (Fsp3) is 0. The van der Waals surface area contributed by atoms with E-state index in [9.17, 15) is 9.59 Å². The molecule has 0 radical (unpaired) electrons. The van der Waals surface area contributed by atoms with Gasteiger partial charge in [0.1, 0.15) is 5.75 Å². The molecule has 5 heteroatoms. The van der Waals surface area contributed by atoms with Gasteiger partial charge in [-0.15, -0.1) is 0 Å². The molecule has 2 aromatic rings. The highest BCUT2D eigenvalue weighted by Crippen LogP contribution is 2.26. The summed E-state index contributed by atoms with van der Waals surface area (Å²) in [7, 11) is 0. The molecule has 2 N–H and O–H groups in total. The van der Waals surface area contributed by atoms with E-state index in [2.05, 4.69) is 0 Å². The summed E-state index contributed by atoms with van der Waals surface area (Å²) < 4.78 is 5.18. The number of carbonyl (C=O) groups is 2. The average Bonchev–Trinajstić information content (AvgIpc) is 2.37. The van der Waals surface area contributed by atoms with Crippen molar-refractivity contribution in [2.24, 2.45) is 0 Å². The Balaban J connectivity index is 2.45. The van der Waals surface area contributed by atoms with Gasteiger partial charge in [0, 0.05) is 5.39 Å². The van der Waals surface area contributed by atoms with Crippen molar-refractivity contribution in [3.8, 4) is 5.75 Å². The smallest absolute Gasteiger partial charge is 0.372 e. The van der Waals surface area contributed by atoms with Crippen molar-refractivity contribution >= 4 is 22.7 Å². The molecule has 0 aliphatic rings. The Morgan fingerprint density at radius 3 is 2.37 bits per heavy atom. The van der Waals surface area contributed by atoms with Crippen molar-refractivity contribution in [1.29, 1.82) is 0 Å². The van der Waals surface area contributed by atoms with Crippen LogP contribution in [0.2, 0.25) is 0 Å². The lowest BCUT2D eigenvalue weighted by atomic mass is 10.1. The Kier molecular flexibility index (Phi) is 3.47. The van der Waals surface area contributed by atoms with Gasteiger partial charge in [0.25, 0.3) is 0 Å². The van der Waals surface area contributed by atoms with E-state index in [1.807, 2.05) is 18.2 Å². The van der Waals surface area contributed by atoms with Crippen LogP contribution in [0.15, 0.2) is 54.3 Å². The first kappa shape index (κ1) is 12.6. The van der Waals surface area contributed by atoms with Gasteiger partial charge in [0.05, 0.1) is 6.08 Å². The summed E-state index contributed by atoms with van der Waals surface area (Å²) in [6.07, 6.45) is 0.518. The minimum absolute atomic E-state index is 0.299. The fourth-order valence-electron chi connectivity index (χ4n) is 1.65. The summed E-state index contributed by atoms with van der Waals surface area (Å²) in [5, 5.41) is 19.1. The van der Waals surface area contributed by atoms with E-state index in [1.54, 1.807) is 24.3 Å². The molecule has 2 rings (SSSR count). The molecule has 0 heterocycles. The molecule has 0 aromatic heterocycles. The lowest BCUT2D eigenvalue weighted by Crippen LogP contribution is -2.10. The monoisotopic (exact) mass is 258 g/mol. The first-order chi connectivity index (χ1) is 9.08. The minimum atomic E-state index is -1.43. The molecule has 0 spiro atoms. The molecular formula is C14H10O5. The Bertz CT molecular complexity index is 667. The van der Waals surface area contributed by atoms with Crippen LogP contribution in [0, 0.1) is 0 Å². The molecule has 0 atom stereocenters. The number of benzene rings is 2. The third kappa shape index (κ3) is 2.90. The van der Waals surface area contributed by atoms with Crippen LogP contribution >= 0.6 is 0 Å². The zero-order chi connectivity index (χ0) is 13.8. The van der Waals surface area contributed by atoms with E-state index in [0.717, 1.165) is 5.39 Å². The van der Waals surface area contributed by atoms with Crippen LogP contribution in [-0.2, 0) is 9.59 Å². The highest BCUT2D eigenvalue weighted by Gasteiger charge is 2.13. The fourth-order valence-corrected chi connectivity index (χ4v) is 1.65. The van der Waals surface area contributed by atoms with Gasteiger partial charge in [-0.1, -0.05) is 36.4 Å². The van der Waals surface area contributed by atoms with E-state index < -0.39 is 17.7 Å². The predicted molar refractivity (Wildman–Crippen MR) is 67.9 cm³/mol. The van der Waals surface area contributed by atoms with Crippen molar-refractivity contribution in [2.45, 2.75) is 0 Å².